The summed E-state index contributed by atoms with van der Waals surface area (Å²) in [7, 11) is 0. The van der Waals surface area contributed by atoms with Crippen molar-refractivity contribution in [3.05, 3.63) is 27.4 Å². The van der Waals surface area contributed by atoms with Gasteiger partial charge in [0.05, 0.1) is 17.1 Å². The van der Waals surface area contributed by atoms with Crippen LogP contribution in [-0.4, -0.2) is 28.4 Å². The highest BCUT2D eigenvalue weighted by molar-refractivity contribution is 6.29. The molecular weight excluding hydrogens is 260 g/mol. The molecule has 0 radical (unpaired) electrons. The minimum Gasteiger partial charge on any atom is -0.365 e. The number of halogens is 1. The highest BCUT2D eigenvalue weighted by Gasteiger charge is 2.19. The van der Waals surface area contributed by atoms with Crippen LogP contribution < -0.4 is 10.6 Å². The highest BCUT2D eigenvalue weighted by atomic mass is 35.5. The molecule has 0 saturated carbocycles. The second kappa shape index (κ2) is 5.18. The molecule has 0 bridgehead atoms. The van der Waals surface area contributed by atoms with Crippen molar-refractivity contribution in [3.63, 3.8) is 0 Å². The van der Waals surface area contributed by atoms with Crippen LogP contribution in [0.4, 0.5) is 11.5 Å². The molecule has 1 aliphatic heterocycles. The van der Waals surface area contributed by atoms with Gasteiger partial charge in [-0.2, -0.15) is 0 Å². The molecule has 2 heterocycles. The third-order valence-electron chi connectivity index (χ3n) is 2.61. The number of aromatic nitrogens is 1. The molecule has 1 atom stereocenters. The molecule has 2 rings (SSSR count). The van der Waals surface area contributed by atoms with Crippen LogP contribution in [0.2, 0.25) is 5.15 Å². The average Bonchev–Trinajstić information content (AvgIpc) is 2.31. The second-order valence-corrected chi connectivity index (χ2v) is 4.36. The number of anilines is 1. The third-order valence-corrected chi connectivity index (χ3v) is 2.80. The van der Waals surface area contributed by atoms with E-state index in [0.717, 1.165) is 0 Å². The van der Waals surface area contributed by atoms with E-state index in [-0.39, 0.29) is 22.8 Å². The summed E-state index contributed by atoms with van der Waals surface area (Å²) in [6.07, 6.45) is 1.09. The lowest BCUT2D eigenvalue weighted by molar-refractivity contribution is -0.384. The summed E-state index contributed by atoms with van der Waals surface area (Å²) in [6, 6.07) is 2.52. The Morgan fingerprint density at radius 3 is 2.94 bits per heavy atom. The first-order valence-electron chi connectivity index (χ1n) is 5.40. The van der Waals surface area contributed by atoms with Crippen molar-refractivity contribution in [2.24, 2.45) is 0 Å². The molecule has 96 valence electrons. The molecule has 18 heavy (non-hydrogen) atoms. The zero-order chi connectivity index (χ0) is 13.1. The van der Waals surface area contributed by atoms with E-state index in [1.165, 1.54) is 12.1 Å². The van der Waals surface area contributed by atoms with Crippen LogP contribution in [-0.2, 0) is 4.79 Å². The van der Waals surface area contributed by atoms with Gasteiger partial charge in [-0.3, -0.25) is 14.9 Å². The average molecular weight is 271 g/mol. The number of hydrogen-bond donors (Lipinski definition) is 2. The zero-order valence-corrected chi connectivity index (χ0v) is 10.1. The molecule has 1 unspecified atom stereocenters. The van der Waals surface area contributed by atoms with Crippen LogP contribution in [0, 0.1) is 10.1 Å². The van der Waals surface area contributed by atoms with Crippen molar-refractivity contribution < 1.29 is 9.72 Å². The first-order valence-corrected chi connectivity index (χ1v) is 5.77. The summed E-state index contributed by atoms with van der Waals surface area (Å²) in [6.45, 7) is 0.473. The Kier molecular flexibility index (Phi) is 3.61. The zero-order valence-electron chi connectivity index (χ0n) is 9.35. The van der Waals surface area contributed by atoms with E-state index in [2.05, 4.69) is 15.6 Å². The van der Waals surface area contributed by atoms with Gasteiger partial charge in [0.15, 0.2) is 0 Å². The highest BCUT2D eigenvalue weighted by Crippen LogP contribution is 2.21. The van der Waals surface area contributed by atoms with Crippen molar-refractivity contribution in [2.75, 3.05) is 11.9 Å². The van der Waals surface area contributed by atoms with E-state index < -0.39 is 4.92 Å². The predicted octanol–water partition coefficient (Wildman–Crippen LogP) is 1.33. The molecule has 1 amide bonds. The maximum atomic E-state index is 11.0. The standard InChI is InChI=1S/C10H11ClN4O3/c11-8-3-7(15(17)18)4-9(14-8)13-6-1-2-10(16)12-5-6/h3-4,6H,1-2,5H2,(H,12,16)(H,13,14). The van der Waals surface area contributed by atoms with Crippen LogP contribution in [0.1, 0.15) is 12.8 Å². The molecule has 1 aromatic rings. The predicted molar refractivity (Wildman–Crippen MR) is 65.6 cm³/mol. The van der Waals surface area contributed by atoms with Gasteiger partial charge >= 0.3 is 0 Å². The fraction of sp³-hybridized carbons (Fsp3) is 0.400. The van der Waals surface area contributed by atoms with Crippen LogP contribution in [0.5, 0.6) is 0 Å². The third kappa shape index (κ3) is 3.07. The van der Waals surface area contributed by atoms with Crippen molar-refractivity contribution in [2.45, 2.75) is 18.9 Å². The van der Waals surface area contributed by atoms with Gasteiger partial charge in [-0.1, -0.05) is 11.6 Å². The van der Waals surface area contributed by atoms with E-state index in [9.17, 15) is 14.9 Å². The van der Waals surface area contributed by atoms with Gasteiger partial charge in [0.1, 0.15) is 11.0 Å². The monoisotopic (exact) mass is 270 g/mol. The Hall–Kier alpha value is -1.89. The molecule has 1 aromatic heterocycles. The Bertz CT molecular complexity index is 484. The summed E-state index contributed by atoms with van der Waals surface area (Å²) >= 11 is 5.71. The largest absolute Gasteiger partial charge is 0.365 e. The van der Waals surface area contributed by atoms with Crippen molar-refractivity contribution in [1.29, 1.82) is 0 Å². The maximum Gasteiger partial charge on any atom is 0.276 e. The Balaban J connectivity index is 2.09. The maximum absolute atomic E-state index is 11.0. The summed E-state index contributed by atoms with van der Waals surface area (Å²) in [4.78, 5) is 25.1. The van der Waals surface area contributed by atoms with Crippen molar-refractivity contribution in [3.8, 4) is 0 Å². The summed E-state index contributed by atoms with van der Waals surface area (Å²) in [5.74, 6) is 0.355. The smallest absolute Gasteiger partial charge is 0.276 e. The molecule has 8 heteroatoms. The lowest BCUT2D eigenvalue weighted by Crippen LogP contribution is -2.42. The topological polar surface area (TPSA) is 97.2 Å². The van der Waals surface area contributed by atoms with Crippen molar-refractivity contribution in [1.82, 2.24) is 10.3 Å². The van der Waals surface area contributed by atoms with E-state index in [0.29, 0.717) is 25.2 Å². The number of pyridine rings is 1. The van der Waals surface area contributed by atoms with E-state index in [1.807, 2.05) is 0 Å². The number of rotatable bonds is 3. The van der Waals surface area contributed by atoms with Gasteiger partial charge in [-0.25, -0.2) is 4.98 Å². The first-order chi connectivity index (χ1) is 8.54. The number of nitro groups is 1. The molecule has 2 N–H and O–H groups in total. The SMILES string of the molecule is O=C1CCC(Nc2cc([N+](=O)[O-])cc(Cl)n2)CN1. The minimum absolute atomic E-state index is 0.00766. The van der Waals surface area contributed by atoms with Gasteiger partial charge in [-0.15, -0.1) is 0 Å². The lowest BCUT2D eigenvalue weighted by atomic mass is 10.1. The molecule has 0 aromatic carbocycles. The fourth-order valence-corrected chi connectivity index (χ4v) is 1.93. The molecule has 1 fully saturated rings. The molecule has 0 spiro atoms. The Labute approximate surface area is 108 Å². The number of hydrogen-bond acceptors (Lipinski definition) is 5. The normalized spacial score (nSPS) is 19.2. The van der Waals surface area contributed by atoms with Gasteiger partial charge < -0.3 is 10.6 Å². The minimum atomic E-state index is -0.526. The fourth-order valence-electron chi connectivity index (χ4n) is 1.73. The number of carbonyl (C=O) groups is 1. The van der Waals surface area contributed by atoms with Crippen LogP contribution >= 0.6 is 11.6 Å². The van der Waals surface area contributed by atoms with E-state index in [1.54, 1.807) is 0 Å². The number of nitrogens with zero attached hydrogens (tertiary/aromatic N) is 2. The Morgan fingerprint density at radius 2 is 2.33 bits per heavy atom. The van der Waals surface area contributed by atoms with Gasteiger partial charge in [-0.05, 0) is 6.42 Å². The number of piperidine rings is 1. The molecule has 1 aliphatic rings. The number of carbonyl (C=O) groups excluding carboxylic acids is 1. The Morgan fingerprint density at radius 1 is 1.56 bits per heavy atom. The lowest BCUT2D eigenvalue weighted by Gasteiger charge is -2.23. The van der Waals surface area contributed by atoms with Gasteiger partial charge in [0.2, 0.25) is 5.91 Å². The van der Waals surface area contributed by atoms with E-state index >= 15 is 0 Å². The quantitative estimate of drug-likeness (QED) is 0.491. The molecule has 7 nitrogen and oxygen atoms in total. The van der Waals surface area contributed by atoms with Gasteiger partial charge in [0, 0.05) is 19.0 Å². The van der Waals surface area contributed by atoms with Crippen molar-refractivity contribution >= 4 is 29.0 Å². The number of nitrogens with one attached hydrogen (secondary N) is 2. The summed E-state index contributed by atoms with van der Waals surface area (Å²) in [5.41, 5.74) is -0.114. The number of amides is 1. The molecule has 1 saturated heterocycles. The van der Waals surface area contributed by atoms with E-state index in [4.69, 9.17) is 11.6 Å². The second-order valence-electron chi connectivity index (χ2n) is 3.97. The van der Waals surface area contributed by atoms with Crippen LogP contribution in [0.15, 0.2) is 12.1 Å². The first kappa shape index (κ1) is 12.6. The molecular formula is C10H11ClN4O3. The summed E-state index contributed by atoms with van der Waals surface area (Å²) < 4.78 is 0. The summed E-state index contributed by atoms with van der Waals surface area (Å²) in [5, 5.41) is 16.5. The molecule has 0 aliphatic carbocycles. The van der Waals surface area contributed by atoms with Crippen LogP contribution in [0.25, 0.3) is 0 Å². The van der Waals surface area contributed by atoms with Crippen LogP contribution in [0.3, 0.4) is 0 Å². The van der Waals surface area contributed by atoms with Gasteiger partial charge in [0.25, 0.3) is 5.69 Å².